The van der Waals surface area contributed by atoms with E-state index in [4.69, 9.17) is 9.84 Å². The number of rotatable bonds is 5. The first kappa shape index (κ1) is 12.0. The highest BCUT2D eigenvalue weighted by Crippen LogP contribution is 2.20. The fourth-order valence-electron chi connectivity index (χ4n) is 1.14. The molecule has 86 valence electrons. The van der Waals surface area contributed by atoms with Crippen LogP contribution in [0.2, 0.25) is 0 Å². The van der Waals surface area contributed by atoms with Gasteiger partial charge in [-0.3, -0.25) is 10.1 Å². The van der Waals surface area contributed by atoms with Crippen LogP contribution in [0.15, 0.2) is 24.3 Å². The molecule has 16 heavy (non-hydrogen) atoms. The number of hydrogen-bond acceptors (Lipinski definition) is 4. The number of carbonyl (C=O) groups is 1. The van der Waals surface area contributed by atoms with Gasteiger partial charge in [-0.25, -0.2) is 4.79 Å². The van der Waals surface area contributed by atoms with Gasteiger partial charge >= 0.3 is 5.97 Å². The lowest BCUT2D eigenvalue weighted by molar-refractivity contribution is -0.384. The van der Waals surface area contributed by atoms with Crippen molar-refractivity contribution in [3.05, 3.63) is 34.4 Å². The maximum absolute atomic E-state index is 10.7. The topological polar surface area (TPSA) is 89.7 Å². The molecule has 1 unspecified atom stereocenters. The smallest absolute Gasteiger partial charge is 0.344 e. The van der Waals surface area contributed by atoms with Crippen LogP contribution in [-0.4, -0.2) is 22.1 Å². The predicted octanol–water partition coefficient (Wildman–Crippen LogP) is 1.84. The standard InChI is InChI=1S/C10H11NO5/c1-2-9(10(12)13)16-8-5-3-4-7(6-8)11(14)15/h3-6,9H,2H2,1H3,(H,12,13). The molecule has 1 aromatic rings. The highest BCUT2D eigenvalue weighted by atomic mass is 16.6. The van der Waals surface area contributed by atoms with Crippen molar-refractivity contribution in [3.8, 4) is 5.75 Å². The van der Waals surface area contributed by atoms with Gasteiger partial charge in [-0.05, 0) is 12.5 Å². The van der Waals surface area contributed by atoms with Crippen molar-refractivity contribution in [1.29, 1.82) is 0 Å². The molecule has 0 saturated carbocycles. The van der Waals surface area contributed by atoms with Gasteiger partial charge in [0, 0.05) is 6.07 Å². The van der Waals surface area contributed by atoms with Crippen LogP contribution in [0.5, 0.6) is 5.75 Å². The number of carboxylic acid groups (broad SMARTS) is 1. The molecule has 0 bridgehead atoms. The van der Waals surface area contributed by atoms with Crippen LogP contribution in [0, 0.1) is 10.1 Å². The second-order valence-electron chi connectivity index (χ2n) is 3.11. The number of nitro groups is 1. The van der Waals surface area contributed by atoms with E-state index in [0.29, 0.717) is 0 Å². The Morgan fingerprint density at radius 3 is 2.81 bits per heavy atom. The highest BCUT2D eigenvalue weighted by Gasteiger charge is 2.17. The molecule has 1 aromatic carbocycles. The van der Waals surface area contributed by atoms with Crippen molar-refractivity contribution >= 4 is 11.7 Å². The third-order valence-electron chi connectivity index (χ3n) is 1.95. The number of benzene rings is 1. The van der Waals surface area contributed by atoms with E-state index >= 15 is 0 Å². The van der Waals surface area contributed by atoms with Gasteiger partial charge < -0.3 is 9.84 Å². The Morgan fingerprint density at radius 2 is 2.31 bits per heavy atom. The van der Waals surface area contributed by atoms with Gasteiger partial charge in [0.1, 0.15) is 5.75 Å². The molecule has 0 amide bonds. The number of ether oxygens (including phenoxy) is 1. The minimum atomic E-state index is -1.09. The average molecular weight is 225 g/mol. The molecular formula is C10H11NO5. The van der Waals surface area contributed by atoms with Crippen molar-refractivity contribution in [1.82, 2.24) is 0 Å². The molecule has 0 aliphatic rings. The summed E-state index contributed by atoms with van der Waals surface area (Å²) < 4.78 is 5.11. The van der Waals surface area contributed by atoms with Gasteiger partial charge in [-0.2, -0.15) is 0 Å². The Morgan fingerprint density at radius 1 is 1.62 bits per heavy atom. The average Bonchev–Trinajstić information content (AvgIpc) is 2.25. The second-order valence-corrected chi connectivity index (χ2v) is 3.11. The normalized spacial score (nSPS) is 11.8. The third-order valence-corrected chi connectivity index (χ3v) is 1.95. The van der Waals surface area contributed by atoms with E-state index in [2.05, 4.69) is 0 Å². The van der Waals surface area contributed by atoms with Crippen molar-refractivity contribution in [3.63, 3.8) is 0 Å². The van der Waals surface area contributed by atoms with Crippen molar-refractivity contribution in [2.45, 2.75) is 19.4 Å². The zero-order valence-corrected chi connectivity index (χ0v) is 8.62. The lowest BCUT2D eigenvalue weighted by atomic mass is 10.2. The summed E-state index contributed by atoms with van der Waals surface area (Å²) in [5.74, 6) is -0.905. The lowest BCUT2D eigenvalue weighted by Crippen LogP contribution is -2.25. The Kier molecular flexibility index (Phi) is 3.82. The van der Waals surface area contributed by atoms with E-state index in [9.17, 15) is 14.9 Å². The maximum atomic E-state index is 10.7. The molecular weight excluding hydrogens is 214 g/mol. The van der Waals surface area contributed by atoms with E-state index in [1.165, 1.54) is 24.3 Å². The molecule has 1 atom stereocenters. The molecule has 1 N–H and O–H groups in total. The van der Waals surface area contributed by atoms with Crippen LogP contribution in [0.4, 0.5) is 5.69 Å². The molecule has 0 fully saturated rings. The summed E-state index contributed by atoms with van der Waals surface area (Å²) in [7, 11) is 0. The molecule has 0 aliphatic heterocycles. The van der Waals surface area contributed by atoms with Crippen LogP contribution in [-0.2, 0) is 4.79 Å². The van der Waals surface area contributed by atoms with Crippen LogP contribution < -0.4 is 4.74 Å². The van der Waals surface area contributed by atoms with Crippen molar-refractivity contribution in [2.24, 2.45) is 0 Å². The Bertz CT molecular complexity index is 404. The van der Waals surface area contributed by atoms with Crippen LogP contribution in [0.1, 0.15) is 13.3 Å². The van der Waals surface area contributed by atoms with E-state index < -0.39 is 17.0 Å². The molecule has 1 rings (SSSR count). The molecule has 0 saturated heterocycles. The zero-order valence-electron chi connectivity index (χ0n) is 8.62. The number of nitrogens with zero attached hydrogens (tertiary/aromatic N) is 1. The minimum absolute atomic E-state index is 0.127. The van der Waals surface area contributed by atoms with E-state index in [-0.39, 0.29) is 17.9 Å². The van der Waals surface area contributed by atoms with Gasteiger partial charge in [0.25, 0.3) is 5.69 Å². The Labute approximate surface area is 91.6 Å². The van der Waals surface area contributed by atoms with Gasteiger partial charge in [0.15, 0.2) is 6.10 Å². The summed E-state index contributed by atoms with van der Waals surface area (Å²) in [5.41, 5.74) is -0.127. The quantitative estimate of drug-likeness (QED) is 0.609. The highest BCUT2D eigenvalue weighted by molar-refractivity contribution is 5.72. The first-order valence-corrected chi connectivity index (χ1v) is 4.68. The molecule has 0 aromatic heterocycles. The number of hydrogen-bond donors (Lipinski definition) is 1. The number of aliphatic carboxylic acids is 1. The Hall–Kier alpha value is -2.11. The van der Waals surface area contributed by atoms with E-state index in [1.54, 1.807) is 6.92 Å². The van der Waals surface area contributed by atoms with Gasteiger partial charge in [-0.15, -0.1) is 0 Å². The summed E-state index contributed by atoms with van der Waals surface area (Å²) in [6.45, 7) is 1.66. The molecule has 6 nitrogen and oxygen atoms in total. The van der Waals surface area contributed by atoms with Gasteiger partial charge in [0.2, 0.25) is 0 Å². The Balaban J connectivity index is 2.84. The van der Waals surface area contributed by atoms with Gasteiger partial charge in [0.05, 0.1) is 11.0 Å². The largest absolute Gasteiger partial charge is 0.479 e. The molecule has 0 radical (unpaired) electrons. The first-order chi connectivity index (χ1) is 7.54. The van der Waals surface area contributed by atoms with E-state index in [1.807, 2.05) is 0 Å². The predicted molar refractivity (Wildman–Crippen MR) is 55.4 cm³/mol. The summed E-state index contributed by atoms with van der Waals surface area (Å²) in [4.78, 5) is 20.6. The molecule has 0 aliphatic carbocycles. The maximum Gasteiger partial charge on any atom is 0.344 e. The van der Waals surface area contributed by atoms with Crippen LogP contribution in [0.3, 0.4) is 0 Å². The molecule has 0 spiro atoms. The summed E-state index contributed by atoms with van der Waals surface area (Å²) >= 11 is 0. The van der Waals surface area contributed by atoms with Crippen LogP contribution >= 0.6 is 0 Å². The fraction of sp³-hybridized carbons (Fsp3) is 0.300. The lowest BCUT2D eigenvalue weighted by Gasteiger charge is -2.12. The third kappa shape index (κ3) is 2.94. The SMILES string of the molecule is CCC(Oc1cccc([N+](=O)[O-])c1)C(=O)O. The first-order valence-electron chi connectivity index (χ1n) is 4.68. The van der Waals surface area contributed by atoms with Crippen LogP contribution in [0.25, 0.3) is 0 Å². The summed E-state index contributed by atoms with van der Waals surface area (Å²) in [5, 5.41) is 19.2. The second kappa shape index (κ2) is 5.11. The monoisotopic (exact) mass is 225 g/mol. The zero-order chi connectivity index (χ0) is 12.1. The van der Waals surface area contributed by atoms with E-state index in [0.717, 1.165) is 0 Å². The summed E-state index contributed by atoms with van der Waals surface area (Å²) in [6, 6.07) is 5.45. The number of nitro benzene ring substituents is 1. The fourth-order valence-corrected chi connectivity index (χ4v) is 1.14. The number of carboxylic acids is 1. The summed E-state index contributed by atoms with van der Waals surface area (Å²) in [6.07, 6.45) is -0.695. The number of non-ortho nitro benzene ring substituents is 1. The van der Waals surface area contributed by atoms with Crippen molar-refractivity contribution in [2.75, 3.05) is 0 Å². The van der Waals surface area contributed by atoms with Crippen molar-refractivity contribution < 1.29 is 19.6 Å². The molecule has 6 heteroatoms. The minimum Gasteiger partial charge on any atom is -0.479 e. The molecule has 0 heterocycles. The van der Waals surface area contributed by atoms with Gasteiger partial charge in [-0.1, -0.05) is 13.0 Å².